The van der Waals surface area contributed by atoms with Crippen molar-refractivity contribution in [3.05, 3.63) is 0 Å². The molecule has 0 aromatic rings. The van der Waals surface area contributed by atoms with Crippen molar-refractivity contribution in [2.24, 2.45) is 0 Å². The topological polar surface area (TPSA) is 27.3 Å². The smallest absolute Gasteiger partial charge is 0.0193 e. The minimum absolute atomic E-state index is 0.466. The Bertz CT molecular complexity index is 253. The van der Waals surface area contributed by atoms with Gasteiger partial charge in [0.05, 0.1) is 0 Å². The van der Waals surface area contributed by atoms with Gasteiger partial charge >= 0.3 is 0 Å². The molecule has 0 aromatic heterocycles. The molecule has 0 aromatic carbocycles. The summed E-state index contributed by atoms with van der Waals surface area (Å²) in [6.45, 7) is 21.3. The summed E-state index contributed by atoms with van der Waals surface area (Å²) in [7, 11) is 0. The van der Waals surface area contributed by atoms with E-state index in [4.69, 9.17) is 0 Å². The summed E-state index contributed by atoms with van der Waals surface area (Å²) in [4.78, 5) is 2.59. The number of hydrogen-bond acceptors (Lipinski definition) is 3. The summed E-state index contributed by atoms with van der Waals surface area (Å²) in [5.74, 6) is 0. The monoisotopic (exact) mass is 313 g/mol. The molecule has 2 N–H and O–H groups in total. The van der Waals surface area contributed by atoms with Gasteiger partial charge in [-0.1, -0.05) is 27.7 Å². The van der Waals surface area contributed by atoms with Crippen LogP contribution in [0.1, 0.15) is 81.1 Å². The second kappa shape index (κ2) is 11.4. The lowest BCUT2D eigenvalue weighted by molar-refractivity contribution is 0.135. The Morgan fingerprint density at radius 2 is 1.55 bits per heavy atom. The van der Waals surface area contributed by atoms with E-state index in [1.54, 1.807) is 0 Å². The molecule has 3 nitrogen and oxygen atoms in total. The number of hydrogen-bond donors (Lipinski definition) is 2. The van der Waals surface area contributed by atoms with E-state index >= 15 is 0 Å². The van der Waals surface area contributed by atoms with E-state index in [1.807, 2.05) is 13.8 Å². The van der Waals surface area contributed by atoms with Gasteiger partial charge in [-0.15, -0.1) is 0 Å². The molecule has 0 aliphatic carbocycles. The molecule has 0 radical (unpaired) electrons. The van der Waals surface area contributed by atoms with Crippen LogP contribution in [-0.2, 0) is 0 Å². The molecule has 2 atom stereocenters. The van der Waals surface area contributed by atoms with Crippen LogP contribution in [0.3, 0.4) is 0 Å². The third kappa shape index (κ3) is 7.43. The van der Waals surface area contributed by atoms with Gasteiger partial charge in [-0.25, -0.2) is 0 Å². The van der Waals surface area contributed by atoms with E-state index in [2.05, 4.69) is 57.1 Å². The highest BCUT2D eigenvalue weighted by atomic mass is 15.2. The van der Waals surface area contributed by atoms with E-state index in [0.717, 1.165) is 19.1 Å². The Balaban J connectivity index is 0.000000360. The molecule has 0 saturated carbocycles. The van der Waals surface area contributed by atoms with E-state index in [-0.39, 0.29) is 0 Å². The average molecular weight is 314 g/mol. The minimum atomic E-state index is 0.466. The van der Waals surface area contributed by atoms with Crippen LogP contribution in [0.2, 0.25) is 0 Å². The molecule has 2 rings (SSSR count). The second-order valence-corrected chi connectivity index (χ2v) is 7.24. The zero-order valence-corrected chi connectivity index (χ0v) is 16.6. The van der Waals surface area contributed by atoms with Crippen LogP contribution in [0.25, 0.3) is 0 Å². The third-order valence-corrected chi connectivity index (χ3v) is 4.83. The maximum absolute atomic E-state index is 3.59. The minimum Gasteiger partial charge on any atom is -0.314 e. The molecule has 3 heteroatoms. The molecule has 2 saturated heterocycles. The molecule has 0 amide bonds. The van der Waals surface area contributed by atoms with Crippen LogP contribution in [0.5, 0.6) is 0 Å². The Labute approximate surface area is 140 Å². The molecule has 0 bridgehead atoms. The number of nitrogens with one attached hydrogen (secondary N) is 2. The van der Waals surface area contributed by atoms with E-state index in [9.17, 15) is 0 Å². The maximum Gasteiger partial charge on any atom is 0.0193 e. The van der Waals surface area contributed by atoms with Crippen molar-refractivity contribution in [3.8, 4) is 0 Å². The molecule has 0 spiro atoms. The van der Waals surface area contributed by atoms with Crippen molar-refractivity contribution >= 4 is 0 Å². The Kier molecular flexibility index (Phi) is 11.4. The second-order valence-electron chi connectivity index (χ2n) is 7.24. The summed E-state index contributed by atoms with van der Waals surface area (Å²) in [6.07, 6.45) is 5.23. The third-order valence-electron chi connectivity index (χ3n) is 4.83. The maximum atomic E-state index is 3.59. The first-order valence-electron chi connectivity index (χ1n) is 9.64. The molecule has 2 heterocycles. The van der Waals surface area contributed by atoms with Crippen LogP contribution in [-0.4, -0.2) is 48.2 Å². The molecule has 2 unspecified atom stereocenters. The summed E-state index contributed by atoms with van der Waals surface area (Å²) >= 11 is 0. The van der Waals surface area contributed by atoms with Crippen LogP contribution < -0.4 is 10.6 Å². The average Bonchev–Trinajstić information content (AvgIpc) is 2.89. The van der Waals surface area contributed by atoms with Gasteiger partial charge in [0.25, 0.3) is 0 Å². The van der Waals surface area contributed by atoms with Gasteiger partial charge < -0.3 is 10.6 Å². The lowest BCUT2D eigenvalue weighted by Crippen LogP contribution is -2.54. The molecule has 2 aliphatic heterocycles. The van der Waals surface area contributed by atoms with Gasteiger partial charge in [0.15, 0.2) is 0 Å². The van der Waals surface area contributed by atoms with Crippen LogP contribution in [0.15, 0.2) is 0 Å². The molecule has 22 heavy (non-hydrogen) atoms. The van der Waals surface area contributed by atoms with Gasteiger partial charge in [0.2, 0.25) is 0 Å². The van der Waals surface area contributed by atoms with Gasteiger partial charge in [0, 0.05) is 36.8 Å². The Hall–Kier alpha value is -0.120. The van der Waals surface area contributed by atoms with Crippen molar-refractivity contribution in [1.29, 1.82) is 0 Å². The molecule has 2 aliphatic rings. The largest absolute Gasteiger partial charge is 0.314 e. The summed E-state index contributed by atoms with van der Waals surface area (Å²) in [5, 5.41) is 7.01. The Morgan fingerprint density at radius 1 is 1.05 bits per heavy atom. The van der Waals surface area contributed by atoms with Gasteiger partial charge in [-0.05, 0) is 59.9 Å². The van der Waals surface area contributed by atoms with Gasteiger partial charge in [0.1, 0.15) is 0 Å². The van der Waals surface area contributed by atoms with E-state index < -0.39 is 0 Å². The SMILES string of the molecule is CC.CC(C)N1CCCC1(C)C.CCC1CNCC(CC)N1. The van der Waals surface area contributed by atoms with Crippen molar-refractivity contribution in [1.82, 2.24) is 15.5 Å². The van der Waals surface area contributed by atoms with E-state index in [1.165, 1.54) is 32.2 Å². The van der Waals surface area contributed by atoms with Crippen molar-refractivity contribution in [2.75, 3.05) is 19.6 Å². The van der Waals surface area contributed by atoms with Crippen LogP contribution in [0, 0.1) is 0 Å². The molecule has 134 valence electrons. The Morgan fingerprint density at radius 3 is 1.82 bits per heavy atom. The fraction of sp³-hybridized carbons (Fsp3) is 1.00. The normalized spacial score (nSPS) is 27.7. The fourth-order valence-electron chi connectivity index (χ4n) is 3.49. The van der Waals surface area contributed by atoms with Crippen molar-refractivity contribution < 1.29 is 0 Å². The highest BCUT2D eigenvalue weighted by molar-refractivity contribution is 4.89. The predicted octanol–water partition coefficient (Wildman–Crippen LogP) is 4.03. The fourth-order valence-corrected chi connectivity index (χ4v) is 3.49. The highest BCUT2D eigenvalue weighted by Gasteiger charge is 2.32. The van der Waals surface area contributed by atoms with Crippen LogP contribution >= 0.6 is 0 Å². The summed E-state index contributed by atoms with van der Waals surface area (Å²) in [6, 6.07) is 2.13. The number of rotatable bonds is 3. The number of piperazine rings is 1. The lowest BCUT2D eigenvalue weighted by atomic mass is 10.0. The zero-order chi connectivity index (χ0) is 17.2. The summed E-state index contributed by atoms with van der Waals surface area (Å²) < 4.78 is 0. The van der Waals surface area contributed by atoms with Crippen molar-refractivity contribution in [3.63, 3.8) is 0 Å². The molecule has 2 fully saturated rings. The van der Waals surface area contributed by atoms with Gasteiger partial charge in [-0.2, -0.15) is 0 Å². The molecular weight excluding hydrogens is 270 g/mol. The van der Waals surface area contributed by atoms with E-state index in [0.29, 0.717) is 17.6 Å². The lowest BCUT2D eigenvalue weighted by Gasteiger charge is -2.34. The molecular formula is C19H43N3. The van der Waals surface area contributed by atoms with Crippen LogP contribution in [0.4, 0.5) is 0 Å². The first kappa shape index (κ1) is 21.9. The van der Waals surface area contributed by atoms with Crippen molar-refractivity contribution in [2.45, 2.75) is 105 Å². The standard InChI is InChI=1S/C9H19N.C8H18N2.C2H6/c1-8(2)10-7-5-6-9(10,3)4;1-3-7-5-9-6-8(4-2)10-7;1-2/h8H,5-7H2,1-4H3;7-10H,3-6H2,1-2H3;1-2H3. The highest BCUT2D eigenvalue weighted by Crippen LogP contribution is 2.29. The predicted molar refractivity (Wildman–Crippen MR) is 101 cm³/mol. The quantitative estimate of drug-likeness (QED) is 0.823. The van der Waals surface area contributed by atoms with Gasteiger partial charge in [-0.3, -0.25) is 4.90 Å². The first-order valence-corrected chi connectivity index (χ1v) is 9.64. The number of likely N-dealkylation sites (tertiary alicyclic amines) is 1. The number of nitrogens with zero attached hydrogens (tertiary/aromatic N) is 1. The first-order chi connectivity index (χ1) is 10.4. The summed E-state index contributed by atoms with van der Waals surface area (Å²) in [5.41, 5.74) is 0.466. The zero-order valence-electron chi connectivity index (χ0n) is 16.6.